The molecule has 3 aromatic carbocycles. The fourth-order valence-corrected chi connectivity index (χ4v) is 4.24. The van der Waals surface area contributed by atoms with Crippen molar-refractivity contribution in [2.24, 2.45) is 0 Å². The number of carbonyl (C=O) groups is 1. The Balaban J connectivity index is 1.50. The first-order chi connectivity index (χ1) is 17.6. The molecule has 0 aliphatic carbocycles. The predicted molar refractivity (Wildman–Crippen MR) is 141 cm³/mol. The molecule has 0 bridgehead atoms. The van der Waals surface area contributed by atoms with Crippen molar-refractivity contribution in [1.82, 2.24) is 5.32 Å². The van der Waals surface area contributed by atoms with Crippen LogP contribution >= 0.6 is 0 Å². The third kappa shape index (κ3) is 9.11. The van der Waals surface area contributed by atoms with Gasteiger partial charge in [0, 0.05) is 25.0 Å². The van der Waals surface area contributed by atoms with Gasteiger partial charge in [-0.05, 0) is 55.3 Å². The molecule has 0 heterocycles. The molecule has 0 saturated heterocycles. The van der Waals surface area contributed by atoms with E-state index in [0.717, 1.165) is 17.4 Å². The van der Waals surface area contributed by atoms with Gasteiger partial charge in [0.15, 0.2) is 0 Å². The van der Waals surface area contributed by atoms with Crippen LogP contribution in [-0.2, 0) is 32.5 Å². The van der Waals surface area contributed by atoms with Crippen molar-refractivity contribution in [3.63, 3.8) is 0 Å². The normalized spacial score (nSPS) is 12.9. The van der Waals surface area contributed by atoms with Gasteiger partial charge < -0.3 is 24.1 Å². The minimum Gasteiger partial charge on any atom is -0.508 e. The number of aromatic hydroxyl groups is 1. The van der Waals surface area contributed by atoms with E-state index in [9.17, 15) is 18.3 Å². The standard InChI is InChI=1S/C28H33NO7S/c1-4-34-27(28(31)29-20(2)25-7-5-6-8-26(25)30)19-22-11-13-23(14-12-22)35-18-17-21-9-15-24(16-10-21)36-37(3,32)33/h5-16,20,27,30H,4,17-19H2,1-3H3,(H,29,31)/t20?,27-/m0/s1. The van der Waals surface area contributed by atoms with Crippen molar-refractivity contribution >= 4 is 16.0 Å². The molecule has 3 rings (SSSR count). The Hall–Kier alpha value is -3.56. The number of amides is 1. The molecule has 0 aliphatic rings. The summed E-state index contributed by atoms with van der Waals surface area (Å²) < 4.78 is 38.8. The molecule has 1 unspecified atom stereocenters. The first kappa shape index (κ1) is 28.0. The summed E-state index contributed by atoms with van der Waals surface area (Å²) in [5, 5.41) is 13.0. The van der Waals surface area contributed by atoms with Crippen molar-refractivity contribution in [1.29, 1.82) is 0 Å². The van der Waals surface area contributed by atoms with Crippen molar-refractivity contribution in [3.05, 3.63) is 89.5 Å². The molecule has 0 aliphatic heterocycles. The molecule has 9 heteroatoms. The predicted octanol–water partition coefficient (Wildman–Crippen LogP) is 4.18. The summed E-state index contributed by atoms with van der Waals surface area (Å²) >= 11 is 0. The van der Waals surface area contributed by atoms with Gasteiger partial charge in [0.1, 0.15) is 23.4 Å². The second-order valence-corrected chi connectivity index (χ2v) is 10.2. The number of phenolic OH excluding ortho intramolecular Hbond substituents is 1. The van der Waals surface area contributed by atoms with Gasteiger partial charge in [-0.15, -0.1) is 0 Å². The number of para-hydroxylation sites is 1. The average molecular weight is 528 g/mol. The van der Waals surface area contributed by atoms with Crippen molar-refractivity contribution < 1.29 is 32.0 Å². The van der Waals surface area contributed by atoms with E-state index in [1.165, 1.54) is 0 Å². The minimum absolute atomic E-state index is 0.136. The van der Waals surface area contributed by atoms with Crippen LogP contribution < -0.4 is 14.2 Å². The average Bonchev–Trinajstić information content (AvgIpc) is 2.85. The summed E-state index contributed by atoms with van der Waals surface area (Å²) in [6.07, 6.45) is 1.38. The van der Waals surface area contributed by atoms with E-state index in [0.29, 0.717) is 37.4 Å². The van der Waals surface area contributed by atoms with Gasteiger partial charge in [0.2, 0.25) is 5.91 Å². The van der Waals surface area contributed by atoms with Crippen LogP contribution in [0.15, 0.2) is 72.8 Å². The van der Waals surface area contributed by atoms with Gasteiger partial charge in [-0.2, -0.15) is 8.42 Å². The van der Waals surface area contributed by atoms with Crippen LogP contribution in [0.4, 0.5) is 0 Å². The third-order valence-corrected chi connectivity index (χ3v) is 6.09. The van der Waals surface area contributed by atoms with E-state index >= 15 is 0 Å². The molecule has 0 saturated carbocycles. The summed E-state index contributed by atoms with van der Waals surface area (Å²) in [5.74, 6) is 0.864. The van der Waals surface area contributed by atoms with E-state index in [1.54, 1.807) is 42.5 Å². The second kappa shape index (κ2) is 13.1. The lowest BCUT2D eigenvalue weighted by Crippen LogP contribution is -2.39. The van der Waals surface area contributed by atoms with Crippen molar-refractivity contribution in [3.8, 4) is 17.2 Å². The Morgan fingerprint density at radius 2 is 1.57 bits per heavy atom. The number of ether oxygens (including phenoxy) is 2. The molecule has 3 aromatic rings. The van der Waals surface area contributed by atoms with E-state index in [4.69, 9.17) is 13.7 Å². The smallest absolute Gasteiger partial charge is 0.306 e. The maximum absolute atomic E-state index is 12.9. The molecule has 2 atom stereocenters. The highest BCUT2D eigenvalue weighted by Gasteiger charge is 2.22. The maximum Gasteiger partial charge on any atom is 0.306 e. The Kier molecular flexibility index (Phi) is 9.93. The highest BCUT2D eigenvalue weighted by molar-refractivity contribution is 7.86. The molecule has 0 fully saturated rings. The number of rotatable bonds is 13. The first-order valence-electron chi connectivity index (χ1n) is 12.0. The van der Waals surface area contributed by atoms with E-state index in [-0.39, 0.29) is 23.4 Å². The monoisotopic (exact) mass is 527 g/mol. The number of nitrogens with one attached hydrogen (secondary N) is 1. The summed E-state index contributed by atoms with van der Waals surface area (Å²) in [4.78, 5) is 12.9. The van der Waals surface area contributed by atoms with Crippen LogP contribution in [0.3, 0.4) is 0 Å². The zero-order chi connectivity index (χ0) is 26.8. The molecule has 0 aromatic heterocycles. The van der Waals surface area contributed by atoms with Crippen LogP contribution in [0.1, 0.15) is 36.6 Å². The fourth-order valence-electron chi connectivity index (χ4n) is 3.78. The molecule has 37 heavy (non-hydrogen) atoms. The molecular formula is C28H33NO7S. The molecule has 0 spiro atoms. The van der Waals surface area contributed by atoms with Crippen molar-refractivity contribution in [2.45, 2.75) is 38.8 Å². The molecule has 2 N–H and O–H groups in total. The van der Waals surface area contributed by atoms with Gasteiger partial charge in [0.05, 0.1) is 18.9 Å². The second-order valence-electron chi connectivity index (χ2n) is 8.61. The van der Waals surface area contributed by atoms with E-state index in [2.05, 4.69) is 5.32 Å². The molecule has 0 radical (unpaired) electrons. The van der Waals surface area contributed by atoms with E-state index in [1.807, 2.05) is 44.2 Å². The summed E-state index contributed by atoms with van der Waals surface area (Å²) in [7, 11) is -3.55. The van der Waals surface area contributed by atoms with Gasteiger partial charge in [-0.3, -0.25) is 4.79 Å². The fraction of sp³-hybridized carbons (Fsp3) is 0.321. The lowest BCUT2D eigenvalue weighted by Gasteiger charge is -2.21. The first-order valence-corrected chi connectivity index (χ1v) is 13.9. The molecule has 1 amide bonds. The van der Waals surface area contributed by atoms with Crippen LogP contribution in [0.5, 0.6) is 17.2 Å². The van der Waals surface area contributed by atoms with Gasteiger partial charge in [-0.25, -0.2) is 0 Å². The zero-order valence-electron chi connectivity index (χ0n) is 21.2. The third-order valence-electron chi connectivity index (χ3n) is 5.60. The highest BCUT2D eigenvalue weighted by Crippen LogP contribution is 2.23. The SMILES string of the molecule is CCO[C@@H](Cc1ccc(OCCc2ccc(OS(C)(=O)=O)cc2)cc1)C(=O)NC(C)c1ccccc1O. The van der Waals surface area contributed by atoms with Crippen LogP contribution in [0, 0.1) is 0 Å². The number of carbonyl (C=O) groups excluding carboxylic acids is 1. The molecule has 198 valence electrons. The largest absolute Gasteiger partial charge is 0.508 e. The lowest BCUT2D eigenvalue weighted by atomic mass is 10.0. The lowest BCUT2D eigenvalue weighted by molar-refractivity contribution is -0.133. The number of benzene rings is 3. The van der Waals surface area contributed by atoms with Gasteiger partial charge in [0.25, 0.3) is 0 Å². The minimum atomic E-state index is -3.55. The van der Waals surface area contributed by atoms with Crippen molar-refractivity contribution in [2.75, 3.05) is 19.5 Å². The quantitative estimate of drug-likeness (QED) is 0.321. The Labute approximate surface area is 218 Å². The summed E-state index contributed by atoms with van der Waals surface area (Å²) in [6, 6.07) is 20.9. The number of phenols is 1. The Morgan fingerprint density at radius 3 is 2.19 bits per heavy atom. The Bertz CT molecular complexity index is 1260. The number of hydrogen-bond donors (Lipinski definition) is 2. The topological polar surface area (TPSA) is 111 Å². The van der Waals surface area contributed by atoms with Crippen LogP contribution in [-0.4, -0.2) is 45.0 Å². The van der Waals surface area contributed by atoms with Crippen LogP contribution in [0.2, 0.25) is 0 Å². The van der Waals surface area contributed by atoms with Gasteiger partial charge in [-0.1, -0.05) is 42.5 Å². The number of hydrogen-bond acceptors (Lipinski definition) is 7. The summed E-state index contributed by atoms with van der Waals surface area (Å²) in [6.45, 7) is 4.50. The molecule has 8 nitrogen and oxygen atoms in total. The Morgan fingerprint density at radius 1 is 0.946 bits per heavy atom. The maximum atomic E-state index is 12.9. The zero-order valence-corrected chi connectivity index (χ0v) is 22.0. The summed E-state index contributed by atoms with van der Waals surface area (Å²) in [5.41, 5.74) is 2.56. The van der Waals surface area contributed by atoms with Crippen LogP contribution in [0.25, 0.3) is 0 Å². The van der Waals surface area contributed by atoms with E-state index < -0.39 is 16.2 Å². The highest BCUT2D eigenvalue weighted by atomic mass is 32.2. The van der Waals surface area contributed by atoms with Gasteiger partial charge >= 0.3 is 10.1 Å². The molecular weight excluding hydrogens is 494 g/mol.